The van der Waals surface area contributed by atoms with Crippen molar-refractivity contribution in [3.8, 4) is 11.4 Å². The summed E-state index contributed by atoms with van der Waals surface area (Å²) < 4.78 is 13.0. The van der Waals surface area contributed by atoms with Gasteiger partial charge < -0.3 is 14.8 Å². The molecule has 3 rings (SSSR count). The quantitative estimate of drug-likeness (QED) is 0.270. The molecule has 0 radical (unpaired) electrons. The zero-order chi connectivity index (χ0) is 21.0. The number of aryl methyl sites for hydroxylation is 1. The van der Waals surface area contributed by atoms with E-state index in [0.717, 1.165) is 19.1 Å². The minimum atomic E-state index is -1.18. The minimum absolute atomic E-state index is 0.0788. The maximum absolute atomic E-state index is 11.6. The molecule has 1 saturated heterocycles. The Balaban J connectivity index is 1.75. The van der Waals surface area contributed by atoms with Crippen LogP contribution in [-0.4, -0.2) is 58.6 Å². The maximum Gasteiger partial charge on any atom is 0.312 e. The molecule has 0 unspecified atom stereocenters. The molecule has 1 N–H and O–H groups in total. The Morgan fingerprint density at radius 3 is 2.79 bits per heavy atom. The molecule has 0 spiro atoms. The molecule has 0 bridgehead atoms. The largest absolute Gasteiger partial charge is 0.376 e. The number of hydrogen-bond donors (Lipinski definition) is 1. The Kier molecular flexibility index (Phi) is 6.60. The number of rotatable bonds is 10. The van der Waals surface area contributed by atoms with Gasteiger partial charge in [0.15, 0.2) is 5.82 Å². The van der Waals surface area contributed by atoms with E-state index in [1.807, 2.05) is 6.92 Å². The van der Waals surface area contributed by atoms with Crippen molar-refractivity contribution in [2.45, 2.75) is 51.9 Å². The molecule has 3 heterocycles. The highest BCUT2D eigenvalue weighted by atomic mass is 28.3. The Morgan fingerprint density at radius 2 is 2.17 bits per heavy atom. The third kappa shape index (κ3) is 5.58. The first-order valence-electron chi connectivity index (χ1n) is 9.72. The van der Waals surface area contributed by atoms with Gasteiger partial charge in [-0.2, -0.15) is 0 Å². The number of nitrogens with zero attached hydrogens (tertiary/aromatic N) is 5. The Morgan fingerprint density at radius 1 is 1.41 bits per heavy atom. The average Bonchev–Trinajstić information content (AvgIpc) is 2.97. The van der Waals surface area contributed by atoms with E-state index in [4.69, 9.17) is 9.47 Å². The number of anilines is 1. The smallest absolute Gasteiger partial charge is 0.312 e. The van der Waals surface area contributed by atoms with Gasteiger partial charge >= 0.3 is 5.69 Å². The van der Waals surface area contributed by atoms with Crippen molar-refractivity contribution in [3.63, 3.8) is 0 Å². The molecule has 0 aromatic carbocycles. The first-order valence-corrected chi connectivity index (χ1v) is 13.4. The van der Waals surface area contributed by atoms with Gasteiger partial charge in [0.05, 0.1) is 11.0 Å². The first kappa shape index (κ1) is 21.3. The normalized spacial score (nSPS) is 16.5. The predicted octanol–water partition coefficient (Wildman–Crippen LogP) is 3.07. The van der Waals surface area contributed by atoms with E-state index in [9.17, 15) is 10.1 Å². The van der Waals surface area contributed by atoms with Crippen LogP contribution in [0.2, 0.25) is 25.7 Å². The van der Waals surface area contributed by atoms with Gasteiger partial charge in [0, 0.05) is 45.7 Å². The predicted molar refractivity (Wildman–Crippen MR) is 112 cm³/mol. The molecule has 2 aromatic heterocycles. The van der Waals surface area contributed by atoms with Gasteiger partial charge in [0.25, 0.3) is 0 Å². The van der Waals surface area contributed by atoms with E-state index < -0.39 is 13.0 Å². The average molecular weight is 421 g/mol. The van der Waals surface area contributed by atoms with Gasteiger partial charge in [-0.05, 0) is 19.4 Å². The van der Waals surface area contributed by atoms with E-state index in [-0.39, 0.29) is 17.6 Å². The van der Waals surface area contributed by atoms with Crippen LogP contribution < -0.4 is 5.32 Å². The maximum atomic E-state index is 11.6. The van der Waals surface area contributed by atoms with Crippen LogP contribution in [0, 0.1) is 17.0 Å². The molecule has 158 valence electrons. The van der Waals surface area contributed by atoms with Gasteiger partial charge in [-0.15, -0.1) is 10.2 Å². The highest BCUT2D eigenvalue weighted by molar-refractivity contribution is 6.76. The second-order valence-corrected chi connectivity index (χ2v) is 14.0. The van der Waals surface area contributed by atoms with E-state index in [0.29, 0.717) is 37.1 Å². The fraction of sp³-hybridized carbons (Fsp3) is 0.611. The molecule has 0 saturated carbocycles. The van der Waals surface area contributed by atoms with Crippen molar-refractivity contribution < 1.29 is 14.4 Å². The number of nitro groups is 1. The van der Waals surface area contributed by atoms with Crippen LogP contribution >= 0.6 is 0 Å². The van der Waals surface area contributed by atoms with Crippen molar-refractivity contribution in [1.82, 2.24) is 19.7 Å². The van der Waals surface area contributed by atoms with Gasteiger partial charge in [-0.25, -0.2) is 4.98 Å². The molecular weight excluding hydrogens is 392 g/mol. The summed E-state index contributed by atoms with van der Waals surface area (Å²) in [6.45, 7) is 10.9. The minimum Gasteiger partial charge on any atom is -0.376 e. The topological polar surface area (TPSA) is 117 Å². The zero-order valence-electron chi connectivity index (χ0n) is 17.3. The molecule has 11 heteroatoms. The third-order valence-electron chi connectivity index (χ3n) is 4.77. The molecule has 1 aliphatic rings. The molecule has 29 heavy (non-hydrogen) atoms. The molecule has 10 nitrogen and oxygen atoms in total. The van der Waals surface area contributed by atoms with Crippen molar-refractivity contribution >= 4 is 19.6 Å². The lowest BCUT2D eigenvalue weighted by molar-refractivity contribution is -0.384. The van der Waals surface area contributed by atoms with E-state index in [1.54, 1.807) is 10.8 Å². The Bertz CT molecular complexity index is 863. The lowest BCUT2D eigenvalue weighted by Gasteiger charge is -2.26. The summed E-state index contributed by atoms with van der Waals surface area (Å²) in [6.07, 6.45) is 2.59. The number of pyridine rings is 1. The van der Waals surface area contributed by atoms with Gasteiger partial charge in [-0.1, -0.05) is 19.6 Å². The molecule has 1 fully saturated rings. The summed E-state index contributed by atoms with van der Waals surface area (Å²) in [5.74, 6) is 1.41. The van der Waals surface area contributed by atoms with Gasteiger partial charge in [-0.3, -0.25) is 14.7 Å². The van der Waals surface area contributed by atoms with Crippen LogP contribution in [0.25, 0.3) is 11.4 Å². The summed E-state index contributed by atoms with van der Waals surface area (Å²) in [6, 6.07) is 2.53. The fourth-order valence-electron chi connectivity index (χ4n) is 2.79. The van der Waals surface area contributed by atoms with Gasteiger partial charge in [0.1, 0.15) is 12.6 Å². The summed E-state index contributed by atoms with van der Waals surface area (Å²) in [5, 5.41) is 22.9. The lowest BCUT2D eigenvalue weighted by Crippen LogP contribution is -2.33. The standard InChI is InChI=1S/C18H28N6O4Si/c1-13-21-22-18(23(13)12-27-7-8-29(2,3)4)14-9-16(24(25)26)17(19-10-14)20-11-15-5-6-28-15/h9-10,15H,5-8,11-12H2,1-4H3,(H,19,20)/t15-/m0/s1. The highest BCUT2D eigenvalue weighted by Crippen LogP contribution is 2.28. The van der Waals surface area contributed by atoms with Crippen molar-refractivity contribution in [3.05, 3.63) is 28.2 Å². The molecular formula is C18H28N6O4Si. The first-order chi connectivity index (χ1) is 13.7. The molecule has 0 aliphatic carbocycles. The second-order valence-electron chi connectivity index (χ2n) is 8.36. The highest BCUT2D eigenvalue weighted by Gasteiger charge is 2.23. The monoisotopic (exact) mass is 420 g/mol. The Hall–Kier alpha value is -2.37. The molecule has 2 aromatic rings. The molecule has 1 aliphatic heterocycles. The Labute approximate surface area is 170 Å². The third-order valence-corrected chi connectivity index (χ3v) is 6.47. The second kappa shape index (κ2) is 8.97. The fourth-order valence-corrected chi connectivity index (χ4v) is 3.55. The summed E-state index contributed by atoms with van der Waals surface area (Å²) >= 11 is 0. The van der Waals surface area contributed by atoms with Crippen LogP contribution in [0.15, 0.2) is 12.3 Å². The van der Waals surface area contributed by atoms with E-state index in [1.165, 1.54) is 6.07 Å². The summed E-state index contributed by atoms with van der Waals surface area (Å²) in [4.78, 5) is 15.4. The van der Waals surface area contributed by atoms with E-state index in [2.05, 4.69) is 40.1 Å². The SMILES string of the molecule is Cc1nnc(-c2cnc(NC[C@@H]3CCO3)c([N+](=O)[O-])c2)n1COCC[Si](C)(C)C. The van der Waals surface area contributed by atoms with Crippen molar-refractivity contribution in [2.24, 2.45) is 0 Å². The number of hydrogen-bond acceptors (Lipinski definition) is 8. The number of aromatic nitrogens is 4. The summed E-state index contributed by atoms with van der Waals surface area (Å²) in [5.41, 5.74) is 0.421. The van der Waals surface area contributed by atoms with Crippen LogP contribution in [0.3, 0.4) is 0 Å². The van der Waals surface area contributed by atoms with Crippen LogP contribution in [0.5, 0.6) is 0 Å². The van der Waals surface area contributed by atoms with Gasteiger partial charge in [0.2, 0.25) is 5.82 Å². The van der Waals surface area contributed by atoms with Crippen LogP contribution in [0.1, 0.15) is 12.2 Å². The molecule has 1 atom stereocenters. The van der Waals surface area contributed by atoms with E-state index >= 15 is 0 Å². The number of nitrogens with one attached hydrogen (secondary N) is 1. The van der Waals surface area contributed by atoms with Crippen LogP contribution in [-0.2, 0) is 16.2 Å². The zero-order valence-corrected chi connectivity index (χ0v) is 18.3. The van der Waals surface area contributed by atoms with Crippen molar-refractivity contribution in [1.29, 1.82) is 0 Å². The summed E-state index contributed by atoms with van der Waals surface area (Å²) in [7, 11) is -1.18. The number of ether oxygens (including phenoxy) is 2. The lowest BCUT2D eigenvalue weighted by atomic mass is 10.2. The van der Waals surface area contributed by atoms with Crippen LogP contribution in [0.4, 0.5) is 11.5 Å². The molecule has 0 amide bonds. The van der Waals surface area contributed by atoms with Crippen molar-refractivity contribution in [2.75, 3.05) is 25.1 Å².